The second kappa shape index (κ2) is 6.27. The number of rotatable bonds is 3. The molecular weight excluding hydrogens is 319 g/mol. The zero-order valence-electron chi connectivity index (χ0n) is 14.0. The molecule has 0 unspecified atom stereocenters. The number of benzene rings is 1. The number of carbonyl (C=O) groups excluding carboxylic acids is 1. The van der Waals surface area contributed by atoms with Gasteiger partial charge < -0.3 is 4.90 Å². The lowest BCUT2D eigenvalue weighted by Crippen LogP contribution is -2.38. The average Bonchev–Trinajstić information content (AvgIpc) is 3.26. The minimum absolute atomic E-state index is 0.00844. The Hall–Kier alpha value is -2.76. The lowest BCUT2D eigenvalue weighted by molar-refractivity contribution is 0.0720. The molecule has 1 fully saturated rings. The van der Waals surface area contributed by atoms with Crippen molar-refractivity contribution in [3.05, 3.63) is 59.8 Å². The van der Waals surface area contributed by atoms with Crippen LogP contribution >= 0.6 is 0 Å². The van der Waals surface area contributed by atoms with Gasteiger partial charge in [-0.05, 0) is 44.0 Å². The summed E-state index contributed by atoms with van der Waals surface area (Å²) in [6.45, 7) is 3.24. The molecule has 25 heavy (non-hydrogen) atoms. The highest BCUT2D eigenvalue weighted by molar-refractivity contribution is 5.99. The molecule has 1 atom stereocenters. The summed E-state index contributed by atoms with van der Waals surface area (Å²) in [5.74, 6) is -0.330. The predicted octanol–water partition coefficient (Wildman–Crippen LogP) is 3.18. The molecule has 5 nitrogen and oxygen atoms in total. The van der Waals surface area contributed by atoms with Crippen molar-refractivity contribution in [2.45, 2.75) is 32.4 Å². The quantitative estimate of drug-likeness (QED) is 0.737. The second-order valence-corrected chi connectivity index (χ2v) is 6.48. The van der Waals surface area contributed by atoms with E-state index in [1.165, 1.54) is 12.1 Å². The second-order valence-electron chi connectivity index (χ2n) is 6.48. The van der Waals surface area contributed by atoms with Gasteiger partial charge in [-0.25, -0.2) is 4.39 Å². The Kier molecular flexibility index (Phi) is 3.95. The molecule has 0 spiro atoms. The van der Waals surface area contributed by atoms with Crippen LogP contribution in [0.5, 0.6) is 0 Å². The zero-order chi connectivity index (χ0) is 17.4. The molecule has 2 aromatic heterocycles. The molecule has 3 aromatic rings. The number of amides is 1. The Morgan fingerprint density at radius 3 is 3.04 bits per heavy atom. The van der Waals surface area contributed by atoms with Gasteiger partial charge in [-0.15, -0.1) is 0 Å². The Balaban J connectivity index is 1.64. The first kappa shape index (κ1) is 15.7. The lowest BCUT2D eigenvalue weighted by Gasteiger charge is -2.25. The molecule has 0 N–H and O–H groups in total. The van der Waals surface area contributed by atoms with E-state index in [0.29, 0.717) is 23.3 Å². The molecule has 3 heterocycles. The van der Waals surface area contributed by atoms with E-state index < -0.39 is 0 Å². The standard InChI is InChI=1S/C19H19FN4O/c1-13-17(10-14-5-6-15(20)11-18(14)22-13)19(25)24-9-2-4-16(24)12-23-8-3-7-21-23/h3,5-8,10-11,16H,2,4,9,12H2,1H3/t16-/m0/s1. The fraction of sp³-hybridized carbons (Fsp3) is 0.316. The zero-order valence-corrected chi connectivity index (χ0v) is 14.0. The van der Waals surface area contributed by atoms with Crippen molar-refractivity contribution < 1.29 is 9.18 Å². The fourth-order valence-electron chi connectivity index (χ4n) is 3.53. The lowest BCUT2D eigenvalue weighted by atomic mass is 10.1. The summed E-state index contributed by atoms with van der Waals surface area (Å²) in [4.78, 5) is 19.4. The Labute approximate surface area is 145 Å². The third-order valence-electron chi connectivity index (χ3n) is 4.80. The first-order valence-electron chi connectivity index (χ1n) is 8.47. The van der Waals surface area contributed by atoms with E-state index in [1.807, 2.05) is 27.9 Å². The van der Waals surface area contributed by atoms with Crippen molar-refractivity contribution in [2.24, 2.45) is 0 Å². The molecule has 0 aliphatic carbocycles. The Morgan fingerprint density at radius 2 is 2.24 bits per heavy atom. The van der Waals surface area contributed by atoms with Crippen molar-refractivity contribution in [3.8, 4) is 0 Å². The molecular formula is C19H19FN4O. The highest BCUT2D eigenvalue weighted by atomic mass is 19.1. The molecule has 1 amide bonds. The number of aromatic nitrogens is 3. The van der Waals surface area contributed by atoms with Crippen LogP contribution in [0.25, 0.3) is 10.9 Å². The summed E-state index contributed by atoms with van der Waals surface area (Å²) in [6, 6.07) is 8.30. The van der Waals surface area contributed by atoms with E-state index in [1.54, 1.807) is 19.2 Å². The maximum absolute atomic E-state index is 13.4. The predicted molar refractivity (Wildman–Crippen MR) is 92.7 cm³/mol. The van der Waals surface area contributed by atoms with Crippen LogP contribution in [0, 0.1) is 12.7 Å². The van der Waals surface area contributed by atoms with E-state index in [4.69, 9.17) is 0 Å². The van der Waals surface area contributed by atoms with Crippen LogP contribution in [0.3, 0.4) is 0 Å². The number of hydrogen-bond donors (Lipinski definition) is 0. The van der Waals surface area contributed by atoms with Gasteiger partial charge in [-0.1, -0.05) is 0 Å². The van der Waals surface area contributed by atoms with Gasteiger partial charge in [0.2, 0.25) is 0 Å². The summed E-state index contributed by atoms with van der Waals surface area (Å²) in [6.07, 6.45) is 5.62. The molecule has 4 rings (SSSR count). The summed E-state index contributed by atoms with van der Waals surface area (Å²) in [7, 11) is 0. The molecule has 0 saturated carbocycles. The average molecular weight is 338 g/mol. The van der Waals surface area contributed by atoms with E-state index >= 15 is 0 Å². The number of carbonyl (C=O) groups is 1. The number of nitrogens with zero attached hydrogens (tertiary/aromatic N) is 4. The van der Waals surface area contributed by atoms with Crippen molar-refractivity contribution in [3.63, 3.8) is 0 Å². The number of likely N-dealkylation sites (tertiary alicyclic amines) is 1. The van der Waals surface area contributed by atoms with Gasteiger partial charge in [0.05, 0.1) is 29.4 Å². The van der Waals surface area contributed by atoms with Gasteiger partial charge in [0.25, 0.3) is 5.91 Å². The van der Waals surface area contributed by atoms with E-state index in [-0.39, 0.29) is 17.8 Å². The first-order valence-corrected chi connectivity index (χ1v) is 8.47. The van der Waals surface area contributed by atoms with Crippen molar-refractivity contribution in [2.75, 3.05) is 6.54 Å². The number of halogens is 1. The molecule has 1 saturated heterocycles. The Morgan fingerprint density at radius 1 is 1.36 bits per heavy atom. The van der Waals surface area contributed by atoms with E-state index in [9.17, 15) is 9.18 Å². The molecule has 1 aliphatic heterocycles. The van der Waals surface area contributed by atoms with Gasteiger partial charge in [0.15, 0.2) is 0 Å². The largest absolute Gasteiger partial charge is 0.334 e. The van der Waals surface area contributed by atoms with Crippen molar-refractivity contribution in [1.82, 2.24) is 19.7 Å². The fourth-order valence-corrected chi connectivity index (χ4v) is 3.53. The molecule has 0 radical (unpaired) electrons. The normalized spacial score (nSPS) is 17.4. The molecule has 1 aromatic carbocycles. The van der Waals surface area contributed by atoms with Crippen LogP contribution in [0.15, 0.2) is 42.7 Å². The van der Waals surface area contributed by atoms with Crippen LogP contribution in [0.1, 0.15) is 28.9 Å². The highest BCUT2D eigenvalue weighted by Gasteiger charge is 2.30. The summed E-state index contributed by atoms with van der Waals surface area (Å²) in [5, 5.41) is 5.02. The van der Waals surface area contributed by atoms with Crippen LogP contribution < -0.4 is 0 Å². The van der Waals surface area contributed by atoms with E-state index in [0.717, 1.165) is 24.8 Å². The van der Waals surface area contributed by atoms with Crippen LogP contribution in [-0.4, -0.2) is 38.2 Å². The monoisotopic (exact) mass is 338 g/mol. The van der Waals surface area contributed by atoms with Crippen LogP contribution in [0.2, 0.25) is 0 Å². The Bertz CT molecular complexity index is 923. The third-order valence-corrected chi connectivity index (χ3v) is 4.80. The van der Waals surface area contributed by atoms with Gasteiger partial charge in [0, 0.05) is 30.4 Å². The van der Waals surface area contributed by atoms with Crippen molar-refractivity contribution in [1.29, 1.82) is 0 Å². The smallest absolute Gasteiger partial charge is 0.256 e. The van der Waals surface area contributed by atoms with Crippen LogP contribution in [0.4, 0.5) is 4.39 Å². The molecule has 1 aliphatic rings. The van der Waals surface area contributed by atoms with Gasteiger partial charge in [0.1, 0.15) is 5.82 Å². The van der Waals surface area contributed by atoms with Crippen LogP contribution in [-0.2, 0) is 6.54 Å². The van der Waals surface area contributed by atoms with Gasteiger partial charge in [-0.2, -0.15) is 5.10 Å². The minimum atomic E-state index is -0.322. The molecule has 6 heteroatoms. The summed E-state index contributed by atoms with van der Waals surface area (Å²) in [5.41, 5.74) is 1.79. The number of aryl methyl sites for hydroxylation is 1. The van der Waals surface area contributed by atoms with Gasteiger partial charge in [-0.3, -0.25) is 14.5 Å². The van der Waals surface area contributed by atoms with Gasteiger partial charge >= 0.3 is 0 Å². The number of fused-ring (bicyclic) bond motifs is 1. The topological polar surface area (TPSA) is 51.0 Å². The minimum Gasteiger partial charge on any atom is -0.334 e. The molecule has 128 valence electrons. The van der Waals surface area contributed by atoms with E-state index in [2.05, 4.69) is 10.1 Å². The maximum Gasteiger partial charge on any atom is 0.256 e. The maximum atomic E-state index is 13.4. The van der Waals surface area contributed by atoms with Crippen molar-refractivity contribution >= 4 is 16.8 Å². The SMILES string of the molecule is Cc1nc2cc(F)ccc2cc1C(=O)N1CCC[C@H]1Cn1cccn1. The third kappa shape index (κ3) is 2.99. The number of pyridine rings is 1. The summed E-state index contributed by atoms with van der Waals surface area (Å²) >= 11 is 0. The highest BCUT2D eigenvalue weighted by Crippen LogP contribution is 2.24. The number of hydrogen-bond acceptors (Lipinski definition) is 3. The first-order chi connectivity index (χ1) is 12.1. The summed E-state index contributed by atoms with van der Waals surface area (Å²) < 4.78 is 15.2. The molecule has 0 bridgehead atoms.